The average molecular weight is 285 g/mol. The first-order chi connectivity index (χ1) is 10.0. The number of hydrogen-bond donors (Lipinski definition) is 0. The minimum atomic E-state index is -0.798. The molecule has 0 spiro atoms. The van der Waals surface area contributed by atoms with E-state index in [1.807, 2.05) is 6.07 Å². The van der Waals surface area contributed by atoms with Crippen LogP contribution < -0.4 is 4.74 Å². The van der Waals surface area contributed by atoms with Crippen LogP contribution in [0.3, 0.4) is 0 Å². The number of aryl methyl sites for hydroxylation is 1. The van der Waals surface area contributed by atoms with Gasteiger partial charge in [-0.25, -0.2) is 0 Å². The third-order valence-corrected chi connectivity index (χ3v) is 3.11. The van der Waals surface area contributed by atoms with E-state index in [2.05, 4.69) is 0 Å². The first kappa shape index (κ1) is 14.7. The van der Waals surface area contributed by atoms with Gasteiger partial charge in [-0.05, 0) is 19.9 Å². The van der Waals surface area contributed by atoms with E-state index in [9.17, 15) is 14.9 Å². The van der Waals surface area contributed by atoms with E-state index in [0.717, 1.165) is 0 Å². The molecule has 0 heterocycles. The Bertz CT molecular complexity index is 667. The van der Waals surface area contributed by atoms with Gasteiger partial charge in [0.15, 0.2) is 11.9 Å². The van der Waals surface area contributed by atoms with Gasteiger partial charge in [0, 0.05) is 11.1 Å². The van der Waals surface area contributed by atoms with E-state index in [0.29, 0.717) is 11.1 Å². The molecular formula is C16H15NO4. The topological polar surface area (TPSA) is 69.4 Å². The predicted molar refractivity (Wildman–Crippen MR) is 78.7 cm³/mol. The average Bonchev–Trinajstić information content (AvgIpc) is 2.47. The third kappa shape index (κ3) is 3.25. The second-order valence-electron chi connectivity index (χ2n) is 4.67. The predicted octanol–water partition coefficient (Wildman–Crippen LogP) is 3.55. The number of hydrogen-bond acceptors (Lipinski definition) is 4. The molecule has 108 valence electrons. The van der Waals surface area contributed by atoms with Gasteiger partial charge in [-0.1, -0.05) is 42.5 Å². The van der Waals surface area contributed by atoms with Crippen LogP contribution in [0.4, 0.5) is 5.69 Å². The molecular weight excluding hydrogens is 270 g/mol. The minimum absolute atomic E-state index is 0.106. The molecule has 2 rings (SSSR count). The molecule has 0 amide bonds. The van der Waals surface area contributed by atoms with E-state index in [1.54, 1.807) is 50.2 Å². The number of nitro groups is 1. The maximum atomic E-state index is 12.2. The maximum Gasteiger partial charge on any atom is 0.313 e. The zero-order chi connectivity index (χ0) is 15.4. The quantitative estimate of drug-likeness (QED) is 0.478. The summed E-state index contributed by atoms with van der Waals surface area (Å²) in [6.45, 7) is 3.22. The zero-order valence-electron chi connectivity index (χ0n) is 11.8. The normalized spacial score (nSPS) is 11.7. The molecule has 0 aromatic heterocycles. The van der Waals surface area contributed by atoms with Gasteiger partial charge in [0.2, 0.25) is 5.78 Å². The van der Waals surface area contributed by atoms with Crippen molar-refractivity contribution in [3.63, 3.8) is 0 Å². The largest absolute Gasteiger partial charge is 0.475 e. The van der Waals surface area contributed by atoms with E-state index in [-0.39, 0.29) is 17.2 Å². The van der Waals surface area contributed by atoms with Gasteiger partial charge in [0.25, 0.3) is 0 Å². The lowest BCUT2D eigenvalue weighted by Gasteiger charge is -2.14. The smallest absolute Gasteiger partial charge is 0.313 e. The molecule has 5 heteroatoms. The van der Waals surface area contributed by atoms with E-state index < -0.39 is 11.0 Å². The first-order valence-corrected chi connectivity index (χ1v) is 6.50. The monoisotopic (exact) mass is 285 g/mol. The fourth-order valence-corrected chi connectivity index (χ4v) is 2.04. The van der Waals surface area contributed by atoms with Gasteiger partial charge in [0.05, 0.1) is 4.92 Å². The van der Waals surface area contributed by atoms with Crippen molar-refractivity contribution < 1.29 is 14.5 Å². The highest BCUT2D eigenvalue weighted by atomic mass is 16.6. The number of carbonyl (C=O) groups excluding carboxylic acids is 1. The van der Waals surface area contributed by atoms with Crippen LogP contribution in [-0.4, -0.2) is 16.8 Å². The Morgan fingerprint density at radius 1 is 1.14 bits per heavy atom. The van der Waals surface area contributed by atoms with Crippen molar-refractivity contribution in [2.24, 2.45) is 0 Å². The summed E-state index contributed by atoms with van der Waals surface area (Å²) in [6, 6.07) is 13.5. The molecule has 0 fully saturated rings. The summed E-state index contributed by atoms with van der Waals surface area (Å²) in [6.07, 6.45) is -0.798. The molecule has 0 radical (unpaired) electrons. The molecule has 21 heavy (non-hydrogen) atoms. The van der Waals surface area contributed by atoms with Crippen molar-refractivity contribution in [3.8, 4) is 5.75 Å². The van der Waals surface area contributed by atoms with Crippen molar-refractivity contribution in [1.29, 1.82) is 0 Å². The Morgan fingerprint density at radius 2 is 1.81 bits per heavy atom. The van der Waals surface area contributed by atoms with Gasteiger partial charge < -0.3 is 4.74 Å². The lowest BCUT2D eigenvalue weighted by molar-refractivity contribution is -0.386. The number of nitrogens with zero attached hydrogens (tertiary/aromatic N) is 1. The van der Waals surface area contributed by atoms with Crippen LogP contribution in [0, 0.1) is 17.0 Å². The summed E-state index contributed by atoms with van der Waals surface area (Å²) in [5.41, 5.74) is 0.905. The van der Waals surface area contributed by atoms with Crippen molar-refractivity contribution in [3.05, 3.63) is 69.8 Å². The van der Waals surface area contributed by atoms with Crippen molar-refractivity contribution in [1.82, 2.24) is 0 Å². The Morgan fingerprint density at radius 3 is 2.43 bits per heavy atom. The summed E-state index contributed by atoms with van der Waals surface area (Å²) in [5.74, 6) is -0.108. The fourth-order valence-electron chi connectivity index (χ4n) is 2.04. The number of benzene rings is 2. The highest BCUT2D eigenvalue weighted by molar-refractivity contribution is 5.99. The Labute approximate surface area is 122 Å². The molecule has 5 nitrogen and oxygen atoms in total. The Balaban J connectivity index is 2.24. The molecule has 0 saturated carbocycles. The number of ether oxygens (including phenoxy) is 1. The van der Waals surface area contributed by atoms with Crippen molar-refractivity contribution in [2.75, 3.05) is 0 Å². The third-order valence-electron chi connectivity index (χ3n) is 3.11. The van der Waals surface area contributed by atoms with Crippen molar-refractivity contribution >= 4 is 11.5 Å². The van der Waals surface area contributed by atoms with Crippen LogP contribution in [0.1, 0.15) is 22.8 Å². The van der Waals surface area contributed by atoms with Gasteiger partial charge in [0.1, 0.15) is 0 Å². The molecule has 1 unspecified atom stereocenters. The summed E-state index contributed by atoms with van der Waals surface area (Å²) in [4.78, 5) is 22.8. The zero-order valence-corrected chi connectivity index (χ0v) is 11.8. The number of Topliss-reactive ketones (excluding diaryl/α,β-unsaturated/α-hetero) is 1. The van der Waals surface area contributed by atoms with Gasteiger partial charge in [-0.2, -0.15) is 0 Å². The molecule has 0 bridgehead atoms. The van der Waals surface area contributed by atoms with Gasteiger partial charge in [-0.15, -0.1) is 0 Å². The molecule has 0 saturated heterocycles. The lowest BCUT2D eigenvalue weighted by Crippen LogP contribution is -2.24. The highest BCUT2D eigenvalue weighted by Gasteiger charge is 2.23. The molecule has 2 aromatic carbocycles. The van der Waals surface area contributed by atoms with Crippen LogP contribution in [0.15, 0.2) is 48.5 Å². The summed E-state index contributed by atoms with van der Waals surface area (Å²) < 4.78 is 5.51. The first-order valence-electron chi connectivity index (χ1n) is 6.50. The number of para-hydroxylation sites is 1. The lowest BCUT2D eigenvalue weighted by atomic mass is 10.1. The molecule has 2 aromatic rings. The second-order valence-corrected chi connectivity index (χ2v) is 4.67. The Hall–Kier alpha value is -2.69. The maximum absolute atomic E-state index is 12.2. The van der Waals surface area contributed by atoms with Gasteiger partial charge >= 0.3 is 5.69 Å². The summed E-state index contributed by atoms with van der Waals surface area (Å²) >= 11 is 0. The summed E-state index contributed by atoms with van der Waals surface area (Å²) in [7, 11) is 0. The van der Waals surface area contributed by atoms with E-state index in [1.165, 1.54) is 6.07 Å². The van der Waals surface area contributed by atoms with Crippen LogP contribution in [0.5, 0.6) is 5.75 Å². The van der Waals surface area contributed by atoms with E-state index in [4.69, 9.17) is 4.74 Å². The van der Waals surface area contributed by atoms with Crippen LogP contribution in [0.25, 0.3) is 0 Å². The van der Waals surface area contributed by atoms with Crippen LogP contribution in [0.2, 0.25) is 0 Å². The highest BCUT2D eigenvalue weighted by Crippen LogP contribution is 2.31. The molecule has 0 aliphatic rings. The fraction of sp³-hybridized carbons (Fsp3) is 0.188. The SMILES string of the molecule is Cc1cccc(OC(C)C(=O)c2ccccc2)c1[N+](=O)[O-]. The molecule has 0 aliphatic heterocycles. The standard InChI is InChI=1S/C16H15NO4/c1-11-7-6-10-14(15(11)17(19)20)21-12(2)16(18)13-8-4-3-5-9-13/h3-10,12H,1-2H3. The Kier molecular flexibility index (Phi) is 4.33. The molecule has 0 N–H and O–H groups in total. The minimum Gasteiger partial charge on any atom is -0.475 e. The van der Waals surface area contributed by atoms with Crippen LogP contribution in [-0.2, 0) is 0 Å². The number of nitro benzene ring substituents is 1. The van der Waals surface area contributed by atoms with Crippen LogP contribution >= 0.6 is 0 Å². The van der Waals surface area contributed by atoms with Crippen molar-refractivity contribution in [2.45, 2.75) is 20.0 Å². The molecule has 0 aliphatic carbocycles. The summed E-state index contributed by atoms with van der Waals surface area (Å²) in [5, 5.41) is 11.1. The number of rotatable bonds is 5. The molecule has 1 atom stereocenters. The second kappa shape index (κ2) is 6.17. The van der Waals surface area contributed by atoms with Gasteiger partial charge in [-0.3, -0.25) is 14.9 Å². The van der Waals surface area contributed by atoms with E-state index >= 15 is 0 Å². The number of carbonyl (C=O) groups is 1. The number of ketones is 1.